The molecule has 0 amide bonds. The van der Waals surface area contributed by atoms with Gasteiger partial charge in [-0.15, -0.1) is 11.8 Å². The van der Waals surface area contributed by atoms with Crippen molar-refractivity contribution < 1.29 is 0 Å². The molecule has 1 aromatic rings. The van der Waals surface area contributed by atoms with Crippen LogP contribution in [0.15, 0.2) is 23.1 Å². The third-order valence-electron chi connectivity index (χ3n) is 2.15. The number of fused-ring (bicyclic) bond motifs is 1. The van der Waals surface area contributed by atoms with E-state index in [0.29, 0.717) is 0 Å². The molecule has 0 aromatic heterocycles. The molecule has 4 N–H and O–H groups in total. The Morgan fingerprint density at radius 2 is 2.25 bits per heavy atom. The van der Waals surface area contributed by atoms with Crippen molar-refractivity contribution in [2.45, 2.75) is 17.4 Å². The summed E-state index contributed by atoms with van der Waals surface area (Å²) in [5.74, 6) is 1.09. The lowest BCUT2D eigenvalue weighted by atomic mass is 10.0. The lowest BCUT2D eigenvalue weighted by molar-refractivity contribution is 0.681. The molecule has 0 bridgehead atoms. The molecule has 12 heavy (non-hydrogen) atoms. The molecular formula is C9H12N2S. The molecular weight excluding hydrogens is 168 g/mol. The number of hydrogen-bond acceptors (Lipinski definition) is 3. The lowest BCUT2D eigenvalue weighted by Crippen LogP contribution is -2.16. The summed E-state index contributed by atoms with van der Waals surface area (Å²) in [5, 5.41) is 0. The van der Waals surface area contributed by atoms with E-state index in [9.17, 15) is 0 Å². The van der Waals surface area contributed by atoms with E-state index in [-0.39, 0.29) is 6.04 Å². The molecule has 1 aromatic carbocycles. The van der Waals surface area contributed by atoms with Gasteiger partial charge in [-0.25, -0.2) is 0 Å². The summed E-state index contributed by atoms with van der Waals surface area (Å²) < 4.78 is 0. The van der Waals surface area contributed by atoms with Crippen molar-refractivity contribution in [2.24, 2.45) is 5.73 Å². The fourth-order valence-corrected chi connectivity index (χ4v) is 2.67. The Balaban J connectivity index is 2.52. The van der Waals surface area contributed by atoms with Gasteiger partial charge in [0.1, 0.15) is 0 Å². The van der Waals surface area contributed by atoms with Crippen LogP contribution in [0.1, 0.15) is 18.0 Å². The van der Waals surface area contributed by atoms with Crippen LogP contribution >= 0.6 is 11.8 Å². The summed E-state index contributed by atoms with van der Waals surface area (Å²) in [7, 11) is 0. The van der Waals surface area contributed by atoms with E-state index in [4.69, 9.17) is 11.5 Å². The second kappa shape index (κ2) is 2.99. The zero-order chi connectivity index (χ0) is 8.55. The summed E-state index contributed by atoms with van der Waals surface area (Å²) >= 11 is 1.81. The molecule has 2 nitrogen and oxygen atoms in total. The Hall–Kier alpha value is -0.670. The molecule has 3 heteroatoms. The fraction of sp³-hybridized carbons (Fsp3) is 0.333. The van der Waals surface area contributed by atoms with Gasteiger partial charge in [0.2, 0.25) is 0 Å². The zero-order valence-electron chi connectivity index (χ0n) is 6.79. The number of anilines is 1. The predicted octanol–water partition coefficient (Wildman–Crippen LogP) is 1.76. The second-order valence-corrected chi connectivity index (χ2v) is 4.11. The van der Waals surface area contributed by atoms with Gasteiger partial charge >= 0.3 is 0 Å². The lowest BCUT2D eigenvalue weighted by Gasteiger charge is -2.22. The first kappa shape index (κ1) is 7.95. The number of nitrogen functional groups attached to an aromatic ring is 1. The maximum Gasteiger partial charge on any atom is 0.0455 e. The van der Waals surface area contributed by atoms with E-state index in [1.807, 2.05) is 23.9 Å². The van der Waals surface area contributed by atoms with Crippen molar-refractivity contribution >= 4 is 17.4 Å². The van der Waals surface area contributed by atoms with E-state index in [1.54, 1.807) is 0 Å². The highest BCUT2D eigenvalue weighted by Crippen LogP contribution is 2.38. The Morgan fingerprint density at radius 1 is 1.42 bits per heavy atom. The van der Waals surface area contributed by atoms with Crippen LogP contribution in [0.25, 0.3) is 0 Å². The highest BCUT2D eigenvalue weighted by atomic mass is 32.2. The van der Waals surface area contributed by atoms with Crippen LogP contribution < -0.4 is 11.5 Å². The number of thioether (sulfide) groups is 1. The summed E-state index contributed by atoms with van der Waals surface area (Å²) in [6.45, 7) is 0. The van der Waals surface area contributed by atoms with Gasteiger partial charge in [0.25, 0.3) is 0 Å². The third kappa shape index (κ3) is 1.19. The minimum Gasteiger partial charge on any atom is -0.398 e. The van der Waals surface area contributed by atoms with Gasteiger partial charge in [-0.05, 0) is 23.8 Å². The average Bonchev–Trinajstić information content (AvgIpc) is 2.07. The summed E-state index contributed by atoms with van der Waals surface area (Å²) in [4.78, 5) is 1.19. The van der Waals surface area contributed by atoms with Crippen molar-refractivity contribution in [1.29, 1.82) is 0 Å². The fourth-order valence-electron chi connectivity index (χ4n) is 1.48. The SMILES string of the molecule is Nc1cccc2c1SCCC2N. The predicted molar refractivity (Wildman–Crippen MR) is 53.1 cm³/mol. The van der Waals surface area contributed by atoms with Crippen molar-refractivity contribution in [3.63, 3.8) is 0 Å². The van der Waals surface area contributed by atoms with Crippen LogP contribution in [-0.2, 0) is 0 Å². The number of benzene rings is 1. The van der Waals surface area contributed by atoms with E-state index >= 15 is 0 Å². The molecule has 0 saturated heterocycles. The average molecular weight is 180 g/mol. The van der Waals surface area contributed by atoms with Crippen LogP contribution in [-0.4, -0.2) is 5.75 Å². The van der Waals surface area contributed by atoms with Crippen molar-refractivity contribution in [3.8, 4) is 0 Å². The minimum absolute atomic E-state index is 0.185. The highest BCUT2D eigenvalue weighted by molar-refractivity contribution is 7.99. The molecule has 2 rings (SSSR count). The first-order valence-electron chi connectivity index (χ1n) is 4.06. The molecule has 1 aliphatic rings. The first-order chi connectivity index (χ1) is 5.79. The zero-order valence-corrected chi connectivity index (χ0v) is 7.60. The van der Waals surface area contributed by atoms with Crippen LogP contribution in [0.4, 0.5) is 5.69 Å². The standard InChI is InChI=1S/C9H12N2S/c10-7-4-5-12-9-6(7)2-1-3-8(9)11/h1-3,7H,4-5,10-11H2. The maximum absolute atomic E-state index is 5.95. The van der Waals surface area contributed by atoms with E-state index in [2.05, 4.69) is 6.07 Å². The number of hydrogen-bond donors (Lipinski definition) is 2. The van der Waals surface area contributed by atoms with Gasteiger partial charge in [0.05, 0.1) is 0 Å². The number of rotatable bonds is 0. The molecule has 0 aliphatic carbocycles. The van der Waals surface area contributed by atoms with Gasteiger partial charge in [0.15, 0.2) is 0 Å². The molecule has 0 fully saturated rings. The maximum atomic E-state index is 5.95. The summed E-state index contributed by atoms with van der Waals surface area (Å²) in [5.41, 5.74) is 13.9. The molecule has 1 heterocycles. The molecule has 1 aliphatic heterocycles. The minimum atomic E-state index is 0.185. The second-order valence-electron chi connectivity index (χ2n) is 3.01. The molecule has 64 valence electrons. The van der Waals surface area contributed by atoms with Crippen molar-refractivity contribution in [3.05, 3.63) is 23.8 Å². The molecule has 0 saturated carbocycles. The smallest absolute Gasteiger partial charge is 0.0455 e. The van der Waals surface area contributed by atoms with Crippen molar-refractivity contribution in [2.75, 3.05) is 11.5 Å². The molecule has 0 radical (unpaired) electrons. The van der Waals surface area contributed by atoms with Crippen LogP contribution in [0.5, 0.6) is 0 Å². The van der Waals surface area contributed by atoms with E-state index in [0.717, 1.165) is 17.9 Å². The largest absolute Gasteiger partial charge is 0.398 e. The molecule has 0 spiro atoms. The summed E-state index contributed by atoms with van der Waals surface area (Å²) in [6, 6.07) is 6.16. The molecule has 1 unspecified atom stereocenters. The Morgan fingerprint density at radius 3 is 3.00 bits per heavy atom. The topological polar surface area (TPSA) is 52.0 Å². The van der Waals surface area contributed by atoms with Gasteiger partial charge in [0, 0.05) is 16.6 Å². The highest BCUT2D eigenvalue weighted by Gasteiger charge is 2.18. The Kier molecular flexibility index (Phi) is 1.98. The Labute approximate surface area is 76.3 Å². The van der Waals surface area contributed by atoms with Gasteiger partial charge < -0.3 is 11.5 Å². The normalized spacial score (nSPS) is 21.9. The first-order valence-corrected chi connectivity index (χ1v) is 5.04. The van der Waals surface area contributed by atoms with E-state index in [1.165, 1.54) is 10.5 Å². The third-order valence-corrected chi connectivity index (χ3v) is 3.35. The van der Waals surface area contributed by atoms with Gasteiger partial charge in [-0.2, -0.15) is 0 Å². The number of nitrogens with two attached hydrogens (primary N) is 2. The van der Waals surface area contributed by atoms with Gasteiger partial charge in [-0.3, -0.25) is 0 Å². The summed E-state index contributed by atoms with van der Waals surface area (Å²) in [6.07, 6.45) is 1.06. The monoisotopic (exact) mass is 180 g/mol. The van der Waals surface area contributed by atoms with Crippen LogP contribution in [0.2, 0.25) is 0 Å². The van der Waals surface area contributed by atoms with E-state index < -0.39 is 0 Å². The van der Waals surface area contributed by atoms with Crippen LogP contribution in [0, 0.1) is 0 Å². The Bertz CT molecular complexity index is 299. The van der Waals surface area contributed by atoms with Crippen molar-refractivity contribution in [1.82, 2.24) is 0 Å². The molecule has 1 atom stereocenters. The van der Waals surface area contributed by atoms with Gasteiger partial charge in [-0.1, -0.05) is 12.1 Å². The van der Waals surface area contributed by atoms with Crippen LogP contribution in [0.3, 0.4) is 0 Å². The quantitative estimate of drug-likeness (QED) is 0.598.